The second kappa shape index (κ2) is 8.26. The fourth-order valence-electron chi connectivity index (χ4n) is 2.90. The summed E-state index contributed by atoms with van der Waals surface area (Å²) in [5.41, 5.74) is 2.18. The number of Topliss-reactive ketones (excluding diaryl/α,β-unsaturated/α-hetero) is 1. The van der Waals surface area contributed by atoms with E-state index in [1.807, 2.05) is 66.7 Å². The molecule has 0 heterocycles. The van der Waals surface area contributed by atoms with Crippen LogP contribution in [0.1, 0.15) is 33.2 Å². The Morgan fingerprint density at radius 1 is 0.731 bits per heavy atom. The van der Waals surface area contributed by atoms with Crippen LogP contribution in [-0.4, -0.2) is 22.6 Å². The number of benzene rings is 3. The van der Waals surface area contributed by atoms with Gasteiger partial charge in [-0.25, -0.2) is 0 Å². The molecule has 0 spiro atoms. The molecule has 26 heavy (non-hydrogen) atoms. The van der Waals surface area contributed by atoms with Gasteiger partial charge in [-0.3, -0.25) is 9.59 Å². The summed E-state index contributed by atoms with van der Waals surface area (Å²) >= 11 is 0. The molecule has 1 unspecified atom stereocenters. The summed E-state index contributed by atoms with van der Waals surface area (Å²) in [6, 6.07) is 27.4. The zero-order valence-electron chi connectivity index (χ0n) is 14.7. The van der Waals surface area contributed by atoms with E-state index < -0.39 is 6.04 Å². The van der Waals surface area contributed by atoms with Gasteiger partial charge in [0.2, 0.25) is 0 Å². The van der Waals surface area contributed by atoms with Crippen LogP contribution >= 0.6 is 0 Å². The summed E-state index contributed by atoms with van der Waals surface area (Å²) in [7, 11) is 0. The molecule has 3 heteroatoms. The van der Waals surface area contributed by atoms with E-state index in [4.69, 9.17) is 0 Å². The topological polar surface area (TPSA) is 37.4 Å². The molecule has 0 saturated carbocycles. The first-order valence-corrected chi connectivity index (χ1v) is 8.66. The molecule has 0 aliphatic heterocycles. The summed E-state index contributed by atoms with van der Waals surface area (Å²) in [5.74, 6) is -0.211. The summed E-state index contributed by atoms with van der Waals surface area (Å²) in [4.78, 5) is 27.7. The Bertz CT molecular complexity index is 860. The molecule has 0 radical (unpaired) electrons. The van der Waals surface area contributed by atoms with Crippen molar-refractivity contribution in [2.75, 3.05) is 0 Å². The van der Waals surface area contributed by atoms with E-state index in [-0.39, 0.29) is 11.7 Å². The Hall–Kier alpha value is -3.20. The second-order valence-electron chi connectivity index (χ2n) is 6.19. The Balaban J connectivity index is 1.91. The van der Waals surface area contributed by atoms with E-state index in [0.717, 1.165) is 5.56 Å². The number of nitrogens with zero attached hydrogens (tertiary/aromatic N) is 1. The van der Waals surface area contributed by atoms with Crippen molar-refractivity contribution in [3.8, 4) is 0 Å². The minimum Gasteiger partial charge on any atom is -0.324 e. The molecule has 0 aliphatic carbocycles. The maximum Gasteiger partial charge on any atom is 0.254 e. The molecule has 0 aliphatic rings. The molecular weight excluding hydrogens is 322 g/mol. The highest BCUT2D eigenvalue weighted by Crippen LogP contribution is 2.17. The average molecular weight is 343 g/mol. The molecule has 0 N–H and O–H groups in total. The quantitative estimate of drug-likeness (QED) is 0.613. The van der Waals surface area contributed by atoms with Crippen molar-refractivity contribution in [1.29, 1.82) is 0 Å². The number of hydrogen-bond acceptors (Lipinski definition) is 2. The maximum absolute atomic E-state index is 13.1. The third kappa shape index (κ3) is 4.06. The van der Waals surface area contributed by atoms with Crippen molar-refractivity contribution in [3.63, 3.8) is 0 Å². The van der Waals surface area contributed by atoms with Crippen LogP contribution < -0.4 is 0 Å². The summed E-state index contributed by atoms with van der Waals surface area (Å²) in [6.45, 7) is 2.17. The van der Waals surface area contributed by atoms with Crippen molar-refractivity contribution in [1.82, 2.24) is 4.90 Å². The fraction of sp³-hybridized carbons (Fsp3) is 0.130. The summed E-state index contributed by atoms with van der Waals surface area (Å²) in [5, 5.41) is 0. The lowest BCUT2D eigenvalue weighted by atomic mass is 10.0. The lowest BCUT2D eigenvalue weighted by molar-refractivity contribution is 0.0612. The van der Waals surface area contributed by atoms with Gasteiger partial charge in [-0.1, -0.05) is 78.9 Å². The predicted octanol–water partition coefficient (Wildman–Crippen LogP) is 4.60. The number of carbonyl (C=O) groups excluding carboxylic acids is 2. The first kappa shape index (κ1) is 17.6. The van der Waals surface area contributed by atoms with Gasteiger partial charge in [-0.2, -0.15) is 0 Å². The molecule has 1 atom stereocenters. The standard InChI is InChI=1S/C23H21NO2/c1-18(22(25)20-13-7-3-8-14-20)24(17-19-11-5-2-6-12-19)23(26)21-15-9-4-10-16-21/h2-16,18H,17H2,1H3. The van der Waals surface area contributed by atoms with Crippen molar-refractivity contribution in [2.45, 2.75) is 19.5 Å². The maximum atomic E-state index is 13.1. The molecule has 0 aromatic heterocycles. The van der Waals surface area contributed by atoms with Crippen LogP contribution in [0.4, 0.5) is 0 Å². The predicted molar refractivity (Wildman–Crippen MR) is 103 cm³/mol. The zero-order valence-corrected chi connectivity index (χ0v) is 14.7. The van der Waals surface area contributed by atoms with Gasteiger partial charge in [0.1, 0.15) is 0 Å². The third-order valence-electron chi connectivity index (χ3n) is 4.38. The summed E-state index contributed by atoms with van der Waals surface area (Å²) < 4.78 is 0. The molecule has 3 rings (SSSR count). The monoisotopic (exact) mass is 343 g/mol. The zero-order chi connectivity index (χ0) is 18.4. The van der Waals surface area contributed by atoms with Crippen molar-refractivity contribution >= 4 is 11.7 Å². The SMILES string of the molecule is CC(C(=O)c1ccccc1)N(Cc1ccccc1)C(=O)c1ccccc1. The van der Waals surface area contributed by atoms with Crippen LogP contribution in [0.25, 0.3) is 0 Å². The Morgan fingerprint density at radius 3 is 1.73 bits per heavy atom. The van der Waals surface area contributed by atoms with E-state index in [2.05, 4.69) is 0 Å². The molecule has 0 saturated heterocycles. The normalized spacial score (nSPS) is 11.6. The first-order chi connectivity index (χ1) is 12.7. The van der Waals surface area contributed by atoms with Crippen LogP contribution in [0.3, 0.4) is 0 Å². The minimum absolute atomic E-state index is 0.0641. The van der Waals surface area contributed by atoms with E-state index in [0.29, 0.717) is 17.7 Å². The van der Waals surface area contributed by atoms with E-state index >= 15 is 0 Å². The second-order valence-corrected chi connectivity index (χ2v) is 6.19. The smallest absolute Gasteiger partial charge is 0.254 e. The highest BCUT2D eigenvalue weighted by atomic mass is 16.2. The van der Waals surface area contributed by atoms with E-state index in [9.17, 15) is 9.59 Å². The van der Waals surface area contributed by atoms with Gasteiger partial charge < -0.3 is 4.90 Å². The van der Waals surface area contributed by atoms with Crippen molar-refractivity contribution in [2.24, 2.45) is 0 Å². The Morgan fingerprint density at radius 2 is 1.19 bits per heavy atom. The molecule has 0 bridgehead atoms. The fourth-order valence-corrected chi connectivity index (χ4v) is 2.90. The highest BCUT2D eigenvalue weighted by Gasteiger charge is 2.27. The van der Waals surface area contributed by atoms with Gasteiger partial charge in [-0.15, -0.1) is 0 Å². The highest BCUT2D eigenvalue weighted by molar-refractivity contribution is 6.04. The van der Waals surface area contributed by atoms with E-state index in [1.165, 1.54) is 0 Å². The summed E-state index contributed by atoms with van der Waals surface area (Å²) in [6.07, 6.45) is 0. The third-order valence-corrected chi connectivity index (χ3v) is 4.38. The van der Waals surface area contributed by atoms with Crippen molar-refractivity contribution < 1.29 is 9.59 Å². The average Bonchev–Trinajstić information content (AvgIpc) is 2.72. The van der Waals surface area contributed by atoms with Crippen LogP contribution in [0.2, 0.25) is 0 Å². The van der Waals surface area contributed by atoms with Gasteiger partial charge >= 0.3 is 0 Å². The number of carbonyl (C=O) groups is 2. The number of ketones is 1. The van der Waals surface area contributed by atoms with Gasteiger partial charge in [0, 0.05) is 17.7 Å². The molecule has 1 amide bonds. The number of rotatable bonds is 6. The number of hydrogen-bond donors (Lipinski definition) is 0. The Labute approximate surface area is 153 Å². The lowest BCUT2D eigenvalue weighted by Gasteiger charge is -2.29. The largest absolute Gasteiger partial charge is 0.324 e. The van der Waals surface area contributed by atoms with Crippen LogP contribution in [0, 0.1) is 0 Å². The minimum atomic E-state index is -0.565. The Kier molecular flexibility index (Phi) is 5.59. The van der Waals surface area contributed by atoms with Gasteiger partial charge in [-0.05, 0) is 24.6 Å². The molecule has 3 aromatic rings. The van der Waals surface area contributed by atoms with Gasteiger partial charge in [0.15, 0.2) is 5.78 Å². The first-order valence-electron chi connectivity index (χ1n) is 8.66. The van der Waals surface area contributed by atoms with E-state index in [1.54, 1.807) is 36.1 Å². The molecule has 3 aromatic carbocycles. The molecular formula is C23H21NO2. The lowest BCUT2D eigenvalue weighted by Crippen LogP contribution is -2.42. The molecule has 0 fully saturated rings. The van der Waals surface area contributed by atoms with Crippen LogP contribution in [0.5, 0.6) is 0 Å². The van der Waals surface area contributed by atoms with Crippen LogP contribution in [0.15, 0.2) is 91.0 Å². The molecule has 130 valence electrons. The van der Waals surface area contributed by atoms with Crippen molar-refractivity contribution in [3.05, 3.63) is 108 Å². The van der Waals surface area contributed by atoms with Crippen LogP contribution in [-0.2, 0) is 6.54 Å². The number of amides is 1. The van der Waals surface area contributed by atoms with Gasteiger partial charge in [0.25, 0.3) is 5.91 Å². The molecule has 3 nitrogen and oxygen atoms in total. The van der Waals surface area contributed by atoms with Gasteiger partial charge in [0.05, 0.1) is 6.04 Å².